The summed E-state index contributed by atoms with van der Waals surface area (Å²) in [6, 6.07) is 10.7. The Morgan fingerprint density at radius 2 is 2.00 bits per heavy atom. The largest absolute Gasteiger partial charge is 0.388 e. The number of aliphatic hydroxyl groups is 1. The summed E-state index contributed by atoms with van der Waals surface area (Å²) in [4.78, 5) is 16.7. The van der Waals surface area contributed by atoms with Gasteiger partial charge in [-0.3, -0.25) is 4.79 Å². The molecule has 0 radical (unpaired) electrons. The molecular weight excluding hydrogens is 338 g/mol. The van der Waals surface area contributed by atoms with Crippen LogP contribution >= 0.6 is 11.6 Å². The molecule has 1 saturated carbocycles. The maximum atomic E-state index is 12.5. The number of hydrogen-bond acceptors (Lipinski definition) is 4. The number of halogens is 1. The Hall–Kier alpha value is -2.11. The van der Waals surface area contributed by atoms with Crippen molar-refractivity contribution in [3.63, 3.8) is 0 Å². The van der Waals surface area contributed by atoms with Crippen LogP contribution in [0.25, 0.3) is 0 Å². The van der Waals surface area contributed by atoms with Gasteiger partial charge in [-0.05, 0) is 43.2 Å². The average molecular weight is 360 g/mol. The SMILES string of the molecule is O=C(NCC1(O)CCCCC1)c1cc(Nc2ccccn2)ccc1Cl. The van der Waals surface area contributed by atoms with E-state index in [-0.39, 0.29) is 12.5 Å². The van der Waals surface area contributed by atoms with E-state index in [1.165, 1.54) is 0 Å². The molecule has 1 aromatic carbocycles. The van der Waals surface area contributed by atoms with E-state index in [0.29, 0.717) is 16.4 Å². The van der Waals surface area contributed by atoms with Crippen molar-refractivity contribution in [1.82, 2.24) is 10.3 Å². The van der Waals surface area contributed by atoms with E-state index in [4.69, 9.17) is 11.6 Å². The average Bonchev–Trinajstić information content (AvgIpc) is 2.63. The number of anilines is 2. The van der Waals surface area contributed by atoms with Crippen molar-refractivity contribution < 1.29 is 9.90 Å². The lowest BCUT2D eigenvalue weighted by Gasteiger charge is -2.32. The molecule has 0 saturated heterocycles. The van der Waals surface area contributed by atoms with Gasteiger partial charge in [0.05, 0.1) is 16.2 Å². The van der Waals surface area contributed by atoms with Crippen molar-refractivity contribution >= 4 is 29.0 Å². The van der Waals surface area contributed by atoms with Gasteiger partial charge in [-0.15, -0.1) is 0 Å². The summed E-state index contributed by atoms with van der Waals surface area (Å²) >= 11 is 6.18. The molecule has 5 nitrogen and oxygen atoms in total. The van der Waals surface area contributed by atoms with Crippen molar-refractivity contribution in [3.8, 4) is 0 Å². The summed E-state index contributed by atoms with van der Waals surface area (Å²) in [7, 11) is 0. The molecule has 0 bridgehead atoms. The summed E-state index contributed by atoms with van der Waals surface area (Å²) < 4.78 is 0. The lowest BCUT2D eigenvalue weighted by atomic mass is 9.85. The Labute approximate surface area is 152 Å². The minimum Gasteiger partial charge on any atom is -0.388 e. The molecule has 25 heavy (non-hydrogen) atoms. The van der Waals surface area contributed by atoms with Crippen LogP contribution in [0.2, 0.25) is 5.02 Å². The second kappa shape index (κ2) is 7.85. The Bertz CT molecular complexity index is 731. The van der Waals surface area contributed by atoms with Crippen molar-refractivity contribution in [2.45, 2.75) is 37.7 Å². The Morgan fingerprint density at radius 3 is 2.72 bits per heavy atom. The predicted molar refractivity (Wildman–Crippen MR) is 99.3 cm³/mol. The lowest BCUT2D eigenvalue weighted by Crippen LogP contribution is -2.44. The van der Waals surface area contributed by atoms with Gasteiger partial charge in [0.2, 0.25) is 0 Å². The van der Waals surface area contributed by atoms with Crippen LogP contribution in [-0.4, -0.2) is 28.1 Å². The van der Waals surface area contributed by atoms with Crippen LogP contribution in [0.4, 0.5) is 11.5 Å². The first-order valence-corrected chi connectivity index (χ1v) is 8.92. The summed E-state index contributed by atoms with van der Waals surface area (Å²) in [5.74, 6) is 0.404. The van der Waals surface area contributed by atoms with Crippen molar-refractivity contribution in [2.24, 2.45) is 0 Å². The number of carbonyl (C=O) groups is 1. The van der Waals surface area contributed by atoms with E-state index in [9.17, 15) is 9.90 Å². The lowest BCUT2D eigenvalue weighted by molar-refractivity contribution is 0.00526. The van der Waals surface area contributed by atoms with Crippen molar-refractivity contribution in [1.29, 1.82) is 0 Å². The van der Waals surface area contributed by atoms with Crippen LogP contribution in [0.1, 0.15) is 42.5 Å². The van der Waals surface area contributed by atoms with Crippen LogP contribution in [-0.2, 0) is 0 Å². The number of carbonyl (C=O) groups excluding carboxylic acids is 1. The molecule has 1 aromatic heterocycles. The highest BCUT2D eigenvalue weighted by atomic mass is 35.5. The molecule has 0 atom stereocenters. The summed E-state index contributed by atoms with van der Waals surface area (Å²) in [6.07, 6.45) is 6.28. The summed E-state index contributed by atoms with van der Waals surface area (Å²) in [6.45, 7) is 0.250. The van der Waals surface area contributed by atoms with Gasteiger partial charge in [0, 0.05) is 18.4 Å². The minimum atomic E-state index is -0.801. The molecule has 1 aliphatic rings. The van der Waals surface area contributed by atoms with Gasteiger partial charge in [0.1, 0.15) is 5.82 Å². The number of rotatable bonds is 5. The van der Waals surface area contributed by atoms with Crippen LogP contribution < -0.4 is 10.6 Å². The predicted octanol–water partition coefficient (Wildman–Crippen LogP) is 3.90. The highest BCUT2D eigenvalue weighted by molar-refractivity contribution is 6.34. The molecule has 2 aromatic rings. The van der Waals surface area contributed by atoms with Gasteiger partial charge in [-0.1, -0.05) is 36.9 Å². The minimum absolute atomic E-state index is 0.250. The second-order valence-corrected chi connectivity index (χ2v) is 6.91. The van der Waals surface area contributed by atoms with Crippen molar-refractivity contribution in [3.05, 3.63) is 53.2 Å². The van der Waals surface area contributed by atoms with E-state index < -0.39 is 5.60 Å². The standard InChI is InChI=1S/C19H22ClN3O2/c20-16-8-7-14(23-17-6-2-5-11-21-17)12-15(16)18(24)22-13-19(25)9-3-1-4-10-19/h2,5-8,11-12,25H,1,3-4,9-10,13H2,(H,21,23)(H,22,24). The molecule has 0 spiro atoms. The highest BCUT2D eigenvalue weighted by Gasteiger charge is 2.29. The number of aromatic nitrogens is 1. The fourth-order valence-corrected chi connectivity index (χ4v) is 3.29. The molecule has 1 aliphatic carbocycles. The fraction of sp³-hybridized carbons (Fsp3) is 0.368. The zero-order valence-corrected chi connectivity index (χ0v) is 14.7. The van der Waals surface area contributed by atoms with Crippen LogP contribution in [0.15, 0.2) is 42.6 Å². The number of amides is 1. The van der Waals surface area contributed by atoms with Crippen molar-refractivity contribution in [2.75, 3.05) is 11.9 Å². The zero-order chi connectivity index (χ0) is 17.7. The Morgan fingerprint density at radius 1 is 1.20 bits per heavy atom. The number of pyridine rings is 1. The zero-order valence-electron chi connectivity index (χ0n) is 14.0. The van der Waals surface area contributed by atoms with Gasteiger partial charge >= 0.3 is 0 Å². The Kier molecular flexibility index (Phi) is 5.56. The molecule has 3 N–H and O–H groups in total. The van der Waals surface area contributed by atoms with E-state index in [2.05, 4.69) is 15.6 Å². The third-order valence-corrected chi connectivity index (χ3v) is 4.84. The van der Waals surface area contributed by atoms with Crippen LogP contribution in [0.5, 0.6) is 0 Å². The van der Waals surface area contributed by atoms with Gasteiger partial charge in [0.25, 0.3) is 5.91 Å². The third-order valence-electron chi connectivity index (χ3n) is 4.51. The normalized spacial score (nSPS) is 16.2. The van der Waals surface area contributed by atoms with Gasteiger partial charge in [-0.25, -0.2) is 4.98 Å². The first-order chi connectivity index (χ1) is 12.1. The van der Waals surface area contributed by atoms with Crippen LogP contribution in [0.3, 0.4) is 0 Å². The molecule has 1 heterocycles. The fourth-order valence-electron chi connectivity index (χ4n) is 3.09. The molecule has 0 aliphatic heterocycles. The van der Waals surface area contributed by atoms with Gasteiger partial charge < -0.3 is 15.7 Å². The van der Waals surface area contributed by atoms with E-state index in [0.717, 1.165) is 37.8 Å². The first-order valence-electron chi connectivity index (χ1n) is 8.54. The first kappa shape index (κ1) is 17.7. The summed E-state index contributed by atoms with van der Waals surface area (Å²) in [5, 5.41) is 16.9. The molecule has 1 fully saturated rings. The third kappa shape index (κ3) is 4.71. The maximum absolute atomic E-state index is 12.5. The molecule has 0 unspecified atom stereocenters. The maximum Gasteiger partial charge on any atom is 0.252 e. The number of hydrogen-bond donors (Lipinski definition) is 3. The van der Waals surface area contributed by atoms with E-state index in [1.54, 1.807) is 24.4 Å². The molecular formula is C19H22ClN3O2. The van der Waals surface area contributed by atoms with E-state index in [1.807, 2.05) is 18.2 Å². The number of benzene rings is 1. The van der Waals surface area contributed by atoms with Gasteiger partial charge in [0.15, 0.2) is 0 Å². The number of nitrogens with one attached hydrogen (secondary N) is 2. The molecule has 6 heteroatoms. The quantitative estimate of drug-likeness (QED) is 0.756. The smallest absolute Gasteiger partial charge is 0.252 e. The Balaban J connectivity index is 1.68. The summed E-state index contributed by atoms with van der Waals surface area (Å²) in [5.41, 5.74) is 0.302. The topological polar surface area (TPSA) is 74.2 Å². The monoisotopic (exact) mass is 359 g/mol. The van der Waals surface area contributed by atoms with E-state index >= 15 is 0 Å². The second-order valence-electron chi connectivity index (χ2n) is 6.50. The van der Waals surface area contributed by atoms with Gasteiger partial charge in [-0.2, -0.15) is 0 Å². The molecule has 1 amide bonds. The molecule has 132 valence electrons. The van der Waals surface area contributed by atoms with Crippen LogP contribution in [0, 0.1) is 0 Å². The number of nitrogens with zero attached hydrogens (tertiary/aromatic N) is 1. The molecule has 3 rings (SSSR count). The highest BCUT2D eigenvalue weighted by Crippen LogP contribution is 2.28.